The Hall–Kier alpha value is -2.33. The lowest BCUT2D eigenvalue weighted by molar-refractivity contribution is 0.0600. The van der Waals surface area contributed by atoms with Crippen molar-refractivity contribution in [1.29, 1.82) is 0 Å². The van der Waals surface area contributed by atoms with Gasteiger partial charge in [0.2, 0.25) is 0 Å². The van der Waals surface area contributed by atoms with Gasteiger partial charge in [0.1, 0.15) is 11.6 Å². The molecule has 0 heterocycles. The van der Waals surface area contributed by atoms with E-state index in [2.05, 4.69) is 4.74 Å². The van der Waals surface area contributed by atoms with Crippen LogP contribution >= 0.6 is 10.8 Å². The lowest BCUT2D eigenvalue weighted by atomic mass is 10.1. The Morgan fingerprint density at radius 2 is 1.77 bits per heavy atom. The Kier molecular flexibility index (Phi) is 7.40. The summed E-state index contributed by atoms with van der Waals surface area (Å²) in [5.74, 6) is -0.660. The first-order valence-electron chi connectivity index (χ1n) is 7.28. The smallest absolute Gasteiger partial charge is 0.337 e. The average molecular weight is 387 g/mol. The van der Waals surface area contributed by atoms with Crippen LogP contribution in [0.15, 0.2) is 42.5 Å². The number of esters is 1. The van der Waals surface area contributed by atoms with Crippen LogP contribution in [0, 0.1) is 5.82 Å². The molecule has 0 amide bonds. The standard InChI is InChI=1S/C17H20FNO5S.H2O/c1-23-15-8-6-14(7-9-15)19(25(3,21)22)11-13-5-4-12(10-16(13)18)17(20)24-2;/h4-10,21-22H,11H2,1-3H3;1H2. The van der Waals surface area contributed by atoms with Crippen molar-refractivity contribution in [3.8, 4) is 5.75 Å². The number of halogens is 1. The summed E-state index contributed by atoms with van der Waals surface area (Å²) in [6, 6.07) is 10.6. The summed E-state index contributed by atoms with van der Waals surface area (Å²) in [5, 5.41) is 0. The molecular formula is C17H22FNO6S. The van der Waals surface area contributed by atoms with Gasteiger partial charge in [-0.15, -0.1) is 10.8 Å². The summed E-state index contributed by atoms with van der Waals surface area (Å²) in [6.07, 6.45) is 1.26. The number of nitrogens with zero attached hydrogens (tertiary/aromatic N) is 1. The van der Waals surface area contributed by atoms with Crippen LogP contribution in [0.4, 0.5) is 10.1 Å². The Morgan fingerprint density at radius 3 is 2.23 bits per heavy atom. The molecule has 0 aliphatic carbocycles. The van der Waals surface area contributed by atoms with E-state index in [4.69, 9.17) is 4.74 Å². The zero-order valence-electron chi connectivity index (χ0n) is 14.6. The van der Waals surface area contributed by atoms with E-state index in [-0.39, 0.29) is 23.1 Å². The molecule has 0 unspecified atom stereocenters. The van der Waals surface area contributed by atoms with E-state index < -0.39 is 22.6 Å². The molecule has 2 rings (SSSR count). The molecule has 0 saturated carbocycles. The highest BCUT2D eigenvalue weighted by Gasteiger charge is 2.21. The van der Waals surface area contributed by atoms with Crippen LogP contribution in [0.3, 0.4) is 0 Å². The van der Waals surface area contributed by atoms with Crippen molar-refractivity contribution in [3.63, 3.8) is 0 Å². The molecule has 0 aliphatic rings. The number of methoxy groups -OCH3 is 2. The zero-order chi connectivity index (χ0) is 18.6. The molecule has 0 saturated heterocycles. The van der Waals surface area contributed by atoms with Crippen LogP contribution in [-0.2, 0) is 11.3 Å². The van der Waals surface area contributed by atoms with E-state index in [1.807, 2.05) is 0 Å². The van der Waals surface area contributed by atoms with Gasteiger partial charge in [0.25, 0.3) is 0 Å². The van der Waals surface area contributed by atoms with Crippen molar-refractivity contribution in [3.05, 3.63) is 59.4 Å². The number of carbonyl (C=O) groups is 1. The Balaban J connectivity index is 0.00000338. The lowest BCUT2D eigenvalue weighted by Gasteiger charge is -2.41. The topological polar surface area (TPSA) is 111 Å². The highest BCUT2D eigenvalue weighted by Crippen LogP contribution is 2.44. The molecular weight excluding hydrogens is 365 g/mol. The highest BCUT2D eigenvalue weighted by atomic mass is 32.3. The summed E-state index contributed by atoms with van der Waals surface area (Å²) >= 11 is 0. The van der Waals surface area contributed by atoms with E-state index in [0.717, 1.165) is 6.07 Å². The Morgan fingerprint density at radius 1 is 1.15 bits per heavy atom. The lowest BCUT2D eigenvalue weighted by Crippen LogP contribution is -2.26. The van der Waals surface area contributed by atoms with Crippen molar-refractivity contribution in [2.45, 2.75) is 6.54 Å². The fourth-order valence-corrected chi connectivity index (χ4v) is 3.14. The molecule has 0 aliphatic heterocycles. The molecule has 0 fully saturated rings. The first-order valence-corrected chi connectivity index (χ1v) is 9.19. The second-order valence-corrected chi connectivity index (χ2v) is 7.35. The molecule has 7 nitrogen and oxygen atoms in total. The minimum atomic E-state index is -3.15. The average Bonchev–Trinajstić information content (AvgIpc) is 2.59. The number of hydrogen-bond donors (Lipinski definition) is 2. The summed E-state index contributed by atoms with van der Waals surface area (Å²) in [5.41, 5.74) is 0.799. The highest BCUT2D eigenvalue weighted by molar-refractivity contribution is 8.24. The Labute approximate surface area is 152 Å². The van der Waals surface area contributed by atoms with E-state index >= 15 is 0 Å². The van der Waals surface area contributed by atoms with Gasteiger partial charge >= 0.3 is 5.97 Å². The van der Waals surface area contributed by atoms with Gasteiger partial charge in [0.05, 0.1) is 32.0 Å². The normalized spacial score (nSPS) is 11.3. The van der Waals surface area contributed by atoms with Crippen molar-refractivity contribution < 1.29 is 33.2 Å². The Bertz CT molecular complexity index is 748. The van der Waals surface area contributed by atoms with Crippen molar-refractivity contribution >= 4 is 22.4 Å². The number of hydrogen-bond acceptors (Lipinski definition) is 6. The van der Waals surface area contributed by atoms with Gasteiger partial charge in [-0.2, -0.15) is 0 Å². The van der Waals surface area contributed by atoms with Gasteiger partial charge < -0.3 is 14.9 Å². The third-order valence-corrected chi connectivity index (χ3v) is 4.74. The molecule has 26 heavy (non-hydrogen) atoms. The van der Waals surface area contributed by atoms with E-state index in [0.29, 0.717) is 11.4 Å². The van der Waals surface area contributed by atoms with Crippen LogP contribution in [0.5, 0.6) is 5.75 Å². The van der Waals surface area contributed by atoms with Crippen molar-refractivity contribution in [1.82, 2.24) is 0 Å². The van der Waals surface area contributed by atoms with Gasteiger partial charge in [-0.05, 0) is 36.4 Å². The minimum absolute atomic E-state index is 0. The van der Waals surface area contributed by atoms with Gasteiger partial charge in [0, 0.05) is 11.8 Å². The van der Waals surface area contributed by atoms with E-state index in [1.165, 1.54) is 36.9 Å². The predicted molar refractivity (Wildman–Crippen MR) is 99.3 cm³/mol. The molecule has 0 aromatic heterocycles. The van der Waals surface area contributed by atoms with Crippen molar-refractivity contribution in [2.75, 3.05) is 24.8 Å². The molecule has 0 bridgehead atoms. The second kappa shape index (κ2) is 8.86. The third kappa shape index (κ3) is 5.09. The maximum atomic E-state index is 14.3. The van der Waals surface area contributed by atoms with Crippen LogP contribution in [0.25, 0.3) is 0 Å². The molecule has 2 aromatic rings. The van der Waals surface area contributed by atoms with Gasteiger partial charge in [-0.3, -0.25) is 13.4 Å². The first-order chi connectivity index (χ1) is 11.8. The molecule has 144 valence electrons. The quantitative estimate of drug-likeness (QED) is 0.737. The second-order valence-electron chi connectivity index (χ2n) is 5.33. The summed E-state index contributed by atoms with van der Waals surface area (Å²) in [4.78, 5) is 11.5. The van der Waals surface area contributed by atoms with Gasteiger partial charge in [-0.1, -0.05) is 6.07 Å². The van der Waals surface area contributed by atoms with Crippen LogP contribution in [0.2, 0.25) is 0 Å². The van der Waals surface area contributed by atoms with E-state index in [9.17, 15) is 18.3 Å². The maximum absolute atomic E-state index is 14.3. The zero-order valence-corrected chi connectivity index (χ0v) is 15.4. The third-order valence-electron chi connectivity index (χ3n) is 3.57. The number of ether oxygens (including phenoxy) is 2. The maximum Gasteiger partial charge on any atom is 0.337 e. The number of benzene rings is 2. The number of carbonyl (C=O) groups excluding carboxylic acids is 1. The largest absolute Gasteiger partial charge is 0.497 e. The van der Waals surface area contributed by atoms with Gasteiger partial charge in [-0.25, -0.2) is 9.18 Å². The van der Waals surface area contributed by atoms with Crippen LogP contribution in [0.1, 0.15) is 15.9 Å². The predicted octanol–water partition coefficient (Wildman–Crippen LogP) is 3.10. The molecule has 0 spiro atoms. The molecule has 0 radical (unpaired) electrons. The molecule has 4 N–H and O–H groups in total. The van der Waals surface area contributed by atoms with Crippen LogP contribution < -0.4 is 9.04 Å². The molecule has 0 atom stereocenters. The summed E-state index contributed by atoms with van der Waals surface area (Å²) in [7, 11) is -0.409. The van der Waals surface area contributed by atoms with E-state index in [1.54, 1.807) is 24.3 Å². The molecule has 2 aromatic carbocycles. The monoisotopic (exact) mass is 387 g/mol. The van der Waals surface area contributed by atoms with Crippen LogP contribution in [-0.4, -0.2) is 41.0 Å². The SMILES string of the molecule is COC(=O)c1ccc(CN(c2ccc(OC)cc2)S(C)(O)O)c(F)c1.O. The fourth-order valence-electron chi connectivity index (χ4n) is 2.24. The molecule has 9 heteroatoms. The number of anilines is 1. The fraction of sp³-hybridized carbons (Fsp3) is 0.235. The minimum Gasteiger partial charge on any atom is -0.497 e. The summed E-state index contributed by atoms with van der Waals surface area (Å²) < 4.78 is 45.5. The van der Waals surface area contributed by atoms with Gasteiger partial charge in [0.15, 0.2) is 0 Å². The first kappa shape index (κ1) is 21.7. The number of rotatable bonds is 6. The summed E-state index contributed by atoms with van der Waals surface area (Å²) in [6.45, 7) is -0.0849. The van der Waals surface area contributed by atoms with Crippen molar-refractivity contribution in [2.24, 2.45) is 0 Å².